The molecule has 1 aromatic heterocycles. The van der Waals surface area contributed by atoms with Crippen LogP contribution in [0.4, 0.5) is 5.88 Å². The average Bonchev–Trinajstić information content (AvgIpc) is 2.70. The summed E-state index contributed by atoms with van der Waals surface area (Å²) in [6.07, 6.45) is 7.09. The molecule has 0 fully saturated rings. The Kier molecular flexibility index (Phi) is 2.06. The normalized spacial score (nSPS) is 20.0. The minimum absolute atomic E-state index is 0.373. The summed E-state index contributed by atoms with van der Waals surface area (Å²) in [7, 11) is 0. The fourth-order valence-electron chi connectivity index (χ4n) is 1.28. The van der Waals surface area contributed by atoms with Crippen LogP contribution in [0, 0.1) is 10.1 Å². The molecule has 0 aliphatic carbocycles. The maximum absolute atomic E-state index is 10.7. The fraction of sp³-hybridized carbons (Fsp3) is 0.111. The first-order valence-electron chi connectivity index (χ1n) is 4.09. The van der Waals surface area contributed by atoms with Crippen LogP contribution in [-0.4, -0.2) is 11.1 Å². The summed E-state index contributed by atoms with van der Waals surface area (Å²) in [4.78, 5) is 11.8. The van der Waals surface area contributed by atoms with Crippen molar-refractivity contribution in [1.82, 2.24) is 0 Å². The van der Waals surface area contributed by atoms with E-state index in [-0.39, 0.29) is 4.92 Å². The van der Waals surface area contributed by atoms with Gasteiger partial charge in [0, 0.05) is 18.3 Å². The lowest BCUT2D eigenvalue weighted by Gasteiger charge is -2.20. The largest absolute Gasteiger partial charge is 0.448 e. The van der Waals surface area contributed by atoms with Crippen molar-refractivity contribution >= 4 is 5.88 Å². The lowest BCUT2D eigenvalue weighted by Crippen LogP contribution is -2.36. The minimum atomic E-state index is -0.883. The van der Waals surface area contributed by atoms with E-state index in [1.54, 1.807) is 30.5 Å². The Morgan fingerprint density at radius 2 is 2.36 bits per heavy atom. The molecule has 0 saturated heterocycles. The Labute approximate surface area is 80.1 Å². The zero-order valence-electron chi connectivity index (χ0n) is 7.24. The van der Waals surface area contributed by atoms with Crippen LogP contribution in [0.5, 0.6) is 0 Å². The van der Waals surface area contributed by atoms with Crippen LogP contribution < -0.4 is 4.90 Å². The highest BCUT2D eigenvalue weighted by atomic mass is 16.6. The number of allylic oxidation sites excluding steroid dienone is 2. The summed E-state index contributed by atoms with van der Waals surface area (Å²) in [6.45, 7) is 0. The van der Waals surface area contributed by atoms with Gasteiger partial charge in [0.1, 0.15) is 0 Å². The van der Waals surface area contributed by atoms with Gasteiger partial charge in [-0.3, -0.25) is 15.0 Å². The van der Waals surface area contributed by atoms with Crippen LogP contribution in [0.2, 0.25) is 0 Å². The molecule has 5 heteroatoms. The molecule has 0 aromatic carbocycles. The van der Waals surface area contributed by atoms with E-state index in [2.05, 4.69) is 0 Å². The lowest BCUT2D eigenvalue weighted by atomic mass is 10.3. The van der Waals surface area contributed by atoms with E-state index in [0.717, 1.165) is 0 Å². The molecule has 0 radical (unpaired) electrons. The molecule has 0 amide bonds. The molecule has 1 aliphatic heterocycles. The van der Waals surface area contributed by atoms with Crippen molar-refractivity contribution in [1.29, 1.82) is 0 Å². The molecule has 0 N–H and O–H groups in total. The first-order chi connectivity index (χ1) is 6.79. The third-order valence-electron chi connectivity index (χ3n) is 1.90. The van der Waals surface area contributed by atoms with Gasteiger partial charge in [-0.1, -0.05) is 6.08 Å². The second-order valence-corrected chi connectivity index (χ2v) is 2.78. The standard InChI is InChI=1S/C9H8N2O3/c12-11(13)8-4-1-2-6-10(8)9-5-3-7-14-9/h1-8H. The highest BCUT2D eigenvalue weighted by Crippen LogP contribution is 2.21. The van der Waals surface area contributed by atoms with E-state index in [1.807, 2.05) is 0 Å². The number of nitro groups is 1. The van der Waals surface area contributed by atoms with Crippen molar-refractivity contribution in [3.05, 3.63) is 52.9 Å². The van der Waals surface area contributed by atoms with Gasteiger partial charge in [0.05, 0.1) is 11.2 Å². The summed E-state index contributed by atoms with van der Waals surface area (Å²) in [5.74, 6) is 0.465. The van der Waals surface area contributed by atoms with Crippen molar-refractivity contribution in [2.75, 3.05) is 4.90 Å². The molecule has 1 aliphatic rings. The summed E-state index contributed by atoms with van der Waals surface area (Å²) in [5.41, 5.74) is 0. The first-order valence-corrected chi connectivity index (χ1v) is 4.09. The lowest BCUT2D eigenvalue weighted by molar-refractivity contribution is -0.507. The number of furan rings is 1. The molecule has 14 heavy (non-hydrogen) atoms. The van der Waals surface area contributed by atoms with Gasteiger partial charge in [-0.15, -0.1) is 0 Å². The third kappa shape index (κ3) is 1.39. The Hall–Kier alpha value is -2.04. The Morgan fingerprint density at radius 1 is 1.50 bits per heavy atom. The topological polar surface area (TPSA) is 59.5 Å². The summed E-state index contributed by atoms with van der Waals surface area (Å²) in [6, 6.07) is 3.37. The molecule has 72 valence electrons. The molecule has 5 nitrogen and oxygen atoms in total. The van der Waals surface area contributed by atoms with E-state index in [4.69, 9.17) is 4.42 Å². The van der Waals surface area contributed by atoms with Gasteiger partial charge >= 0.3 is 6.17 Å². The van der Waals surface area contributed by atoms with Gasteiger partial charge in [0.25, 0.3) is 0 Å². The summed E-state index contributed by atoms with van der Waals surface area (Å²) >= 11 is 0. The fourth-order valence-corrected chi connectivity index (χ4v) is 1.28. The zero-order valence-corrected chi connectivity index (χ0v) is 7.24. The van der Waals surface area contributed by atoms with Gasteiger partial charge in [-0.25, -0.2) is 0 Å². The molecule has 2 heterocycles. The van der Waals surface area contributed by atoms with Crippen LogP contribution >= 0.6 is 0 Å². The second kappa shape index (κ2) is 3.37. The quantitative estimate of drug-likeness (QED) is 0.529. The van der Waals surface area contributed by atoms with E-state index in [0.29, 0.717) is 5.88 Å². The van der Waals surface area contributed by atoms with Gasteiger partial charge in [-0.2, -0.15) is 0 Å². The van der Waals surface area contributed by atoms with Crippen molar-refractivity contribution in [3.8, 4) is 0 Å². The van der Waals surface area contributed by atoms with Gasteiger partial charge < -0.3 is 4.42 Å². The van der Waals surface area contributed by atoms with Gasteiger partial charge in [-0.05, 0) is 12.1 Å². The monoisotopic (exact) mass is 192 g/mol. The maximum Gasteiger partial charge on any atom is 0.312 e. The predicted molar refractivity (Wildman–Crippen MR) is 50.2 cm³/mol. The van der Waals surface area contributed by atoms with E-state index >= 15 is 0 Å². The summed E-state index contributed by atoms with van der Waals surface area (Å²) in [5, 5.41) is 10.7. The van der Waals surface area contributed by atoms with Crippen molar-refractivity contribution in [2.24, 2.45) is 0 Å². The number of nitrogens with zero attached hydrogens (tertiary/aromatic N) is 2. The molecule has 0 spiro atoms. The van der Waals surface area contributed by atoms with Crippen molar-refractivity contribution in [2.45, 2.75) is 6.17 Å². The molecule has 0 bridgehead atoms. The molecular weight excluding hydrogens is 184 g/mol. The predicted octanol–water partition coefficient (Wildman–Crippen LogP) is 1.77. The smallest absolute Gasteiger partial charge is 0.312 e. The molecule has 0 saturated carbocycles. The Balaban J connectivity index is 2.29. The maximum atomic E-state index is 10.7. The Bertz CT molecular complexity index is 381. The van der Waals surface area contributed by atoms with E-state index in [9.17, 15) is 10.1 Å². The highest BCUT2D eigenvalue weighted by molar-refractivity contribution is 5.43. The van der Waals surface area contributed by atoms with Crippen LogP contribution in [-0.2, 0) is 0 Å². The second-order valence-electron chi connectivity index (χ2n) is 2.78. The number of hydrogen-bond acceptors (Lipinski definition) is 4. The van der Waals surface area contributed by atoms with E-state index in [1.165, 1.54) is 17.2 Å². The third-order valence-corrected chi connectivity index (χ3v) is 1.90. The number of rotatable bonds is 2. The van der Waals surface area contributed by atoms with E-state index < -0.39 is 6.17 Å². The van der Waals surface area contributed by atoms with Gasteiger partial charge in [0.15, 0.2) is 0 Å². The molecule has 2 rings (SSSR count). The molecule has 1 unspecified atom stereocenters. The number of hydrogen-bond donors (Lipinski definition) is 0. The van der Waals surface area contributed by atoms with Crippen LogP contribution in [0.25, 0.3) is 0 Å². The van der Waals surface area contributed by atoms with Crippen molar-refractivity contribution in [3.63, 3.8) is 0 Å². The average molecular weight is 192 g/mol. The molecule has 1 atom stereocenters. The number of anilines is 1. The molecule has 1 aromatic rings. The van der Waals surface area contributed by atoms with Crippen molar-refractivity contribution < 1.29 is 9.34 Å². The first kappa shape index (κ1) is 8.55. The molecular formula is C9H8N2O3. The minimum Gasteiger partial charge on any atom is -0.448 e. The zero-order chi connectivity index (χ0) is 9.97. The van der Waals surface area contributed by atoms with Crippen LogP contribution in [0.15, 0.2) is 47.2 Å². The van der Waals surface area contributed by atoms with Crippen LogP contribution in [0.1, 0.15) is 0 Å². The Morgan fingerprint density at radius 3 is 3.00 bits per heavy atom. The van der Waals surface area contributed by atoms with Crippen LogP contribution in [0.3, 0.4) is 0 Å². The van der Waals surface area contributed by atoms with Gasteiger partial charge in [0.2, 0.25) is 5.88 Å². The SMILES string of the molecule is O=[N+]([O-])C1C=CC=CN1c1ccco1. The summed E-state index contributed by atoms with van der Waals surface area (Å²) < 4.78 is 5.09. The highest BCUT2D eigenvalue weighted by Gasteiger charge is 2.27.